The van der Waals surface area contributed by atoms with Crippen LogP contribution in [-0.4, -0.2) is 46.8 Å². The van der Waals surface area contributed by atoms with Crippen LogP contribution in [0.15, 0.2) is 59.0 Å². The number of nitrogens with zero attached hydrogens (tertiary/aromatic N) is 4. The number of aromatic hydroxyl groups is 2. The third-order valence-corrected chi connectivity index (χ3v) is 3.93. The van der Waals surface area contributed by atoms with Gasteiger partial charge in [0.2, 0.25) is 0 Å². The Morgan fingerprint density at radius 2 is 1.27 bits per heavy atom. The van der Waals surface area contributed by atoms with Crippen molar-refractivity contribution < 1.29 is 19.7 Å². The van der Waals surface area contributed by atoms with Gasteiger partial charge in [-0.05, 0) is 24.3 Å². The number of hydrogen-bond acceptors (Lipinski definition) is 10. The highest BCUT2D eigenvalue weighted by Gasteiger charge is 2.06. The second-order valence-electron chi connectivity index (χ2n) is 5.82. The van der Waals surface area contributed by atoms with E-state index in [1.165, 1.54) is 33.0 Å². The number of hydrogen-bond donors (Lipinski definition) is 4. The Bertz CT molecular complexity index is 990. The van der Waals surface area contributed by atoms with Crippen LogP contribution in [0.4, 0.5) is 11.6 Å². The molecule has 0 atom stereocenters. The lowest BCUT2D eigenvalue weighted by atomic mass is 10.2. The fourth-order valence-corrected chi connectivity index (χ4v) is 2.43. The van der Waals surface area contributed by atoms with Crippen molar-refractivity contribution in [2.75, 3.05) is 25.1 Å². The maximum Gasteiger partial charge on any atom is 0.166 e. The third kappa shape index (κ3) is 4.93. The average Bonchev–Trinajstić information content (AvgIpc) is 2.76. The van der Waals surface area contributed by atoms with Crippen molar-refractivity contribution in [1.82, 2.24) is 9.97 Å². The molecule has 3 aromatic rings. The monoisotopic (exact) mass is 408 g/mol. The molecule has 0 amide bonds. The van der Waals surface area contributed by atoms with Crippen LogP contribution in [0.2, 0.25) is 0 Å². The largest absolute Gasteiger partial charge is 0.504 e. The van der Waals surface area contributed by atoms with Crippen LogP contribution in [0.25, 0.3) is 0 Å². The molecule has 0 saturated carbocycles. The number of ether oxygens (including phenoxy) is 2. The molecule has 10 nitrogen and oxygen atoms in total. The molecule has 0 radical (unpaired) electrons. The summed E-state index contributed by atoms with van der Waals surface area (Å²) in [4.78, 5) is 8.12. The van der Waals surface area contributed by atoms with Gasteiger partial charge in [0, 0.05) is 17.2 Å². The number of rotatable bonds is 8. The number of phenolic OH excluding ortho intramolecular Hbond substituents is 2. The van der Waals surface area contributed by atoms with Crippen molar-refractivity contribution in [2.45, 2.75) is 0 Å². The highest BCUT2D eigenvalue weighted by atomic mass is 16.5. The van der Waals surface area contributed by atoms with E-state index >= 15 is 0 Å². The molecule has 154 valence electrons. The topological polar surface area (TPSA) is 133 Å². The number of nitrogens with one attached hydrogen (secondary N) is 2. The van der Waals surface area contributed by atoms with Crippen molar-refractivity contribution in [3.63, 3.8) is 0 Å². The predicted molar refractivity (Wildman–Crippen MR) is 114 cm³/mol. The van der Waals surface area contributed by atoms with Crippen LogP contribution < -0.4 is 20.3 Å². The molecule has 0 fully saturated rings. The summed E-state index contributed by atoms with van der Waals surface area (Å²) in [5, 5.41) is 28.2. The fraction of sp³-hybridized carbons (Fsp3) is 0.100. The lowest BCUT2D eigenvalue weighted by Crippen LogP contribution is -1.99. The summed E-state index contributed by atoms with van der Waals surface area (Å²) < 4.78 is 10.1. The minimum Gasteiger partial charge on any atom is -0.504 e. The molecule has 0 aliphatic rings. The Morgan fingerprint density at radius 3 is 1.70 bits per heavy atom. The van der Waals surface area contributed by atoms with Gasteiger partial charge in [-0.3, -0.25) is 10.9 Å². The minimum atomic E-state index is -0.00859. The van der Waals surface area contributed by atoms with Crippen LogP contribution in [0.5, 0.6) is 23.0 Å². The first-order chi connectivity index (χ1) is 14.6. The summed E-state index contributed by atoms with van der Waals surface area (Å²) in [6.07, 6.45) is 4.22. The van der Waals surface area contributed by atoms with Crippen molar-refractivity contribution >= 4 is 24.1 Å². The quantitative estimate of drug-likeness (QED) is 0.330. The van der Waals surface area contributed by atoms with E-state index in [9.17, 15) is 10.2 Å². The highest BCUT2D eigenvalue weighted by molar-refractivity contribution is 5.86. The standard InChI is InChI=1S/C20H20N6O4/c1-29-15-7-3-5-13(19(15)27)10-23-25-17-9-18(22-12-21-17)26-24-11-14-6-4-8-16(30-2)20(14)28/h3-12,27-28H,1-2H3,(H2,21,22,25,26)/b23-10+,24-11+. The Labute approximate surface area is 172 Å². The van der Waals surface area contributed by atoms with Gasteiger partial charge in [-0.1, -0.05) is 12.1 Å². The summed E-state index contributed by atoms with van der Waals surface area (Å²) in [5.74, 6) is 1.51. The van der Waals surface area contributed by atoms with Crippen molar-refractivity contribution in [1.29, 1.82) is 0 Å². The normalized spacial score (nSPS) is 11.0. The molecule has 0 unspecified atom stereocenters. The average molecular weight is 408 g/mol. The molecule has 1 heterocycles. The molecule has 0 saturated heterocycles. The van der Waals surface area contributed by atoms with E-state index in [1.807, 2.05) is 0 Å². The summed E-state index contributed by atoms with van der Waals surface area (Å²) in [7, 11) is 2.95. The second kappa shape index (κ2) is 9.73. The first-order valence-corrected chi connectivity index (χ1v) is 8.74. The van der Waals surface area contributed by atoms with E-state index in [4.69, 9.17) is 9.47 Å². The lowest BCUT2D eigenvalue weighted by Gasteiger charge is -2.06. The molecule has 0 aliphatic heterocycles. The molecule has 30 heavy (non-hydrogen) atoms. The molecule has 0 spiro atoms. The molecule has 0 bridgehead atoms. The number of phenols is 2. The molecule has 0 aliphatic carbocycles. The van der Waals surface area contributed by atoms with Crippen LogP contribution >= 0.6 is 0 Å². The van der Waals surface area contributed by atoms with Gasteiger partial charge < -0.3 is 19.7 Å². The minimum absolute atomic E-state index is 0.00859. The van der Waals surface area contributed by atoms with E-state index in [0.29, 0.717) is 34.3 Å². The van der Waals surface area contributed by atoms with Gasteiger partial charge in [0.25, 0.3) is 0 Å². The van der Waals surface area contributed by atoms with Crippen LogP contribution in [-0.2, 0) is 0 Å². The molecular weight excluding hydrogens is 388 g/mol. The molecule has 4 N–H and O–H groups in total. The number of benzene rings is 2. The summed E-state index contributed by atoms with van der Waals surface area (Å²) in [6.45, 7) is 0. The maximum absolute atomic E-state index is 10.1. The zero-order chi connectivity index (χ0) is 21.3. The lowest BCUT2D eigenvalue weighted by molar-refractivity contribution is 0.373. The number of anilines is 2. The predicted octanol–water partition coefficient (Wildman–Crippen LogP) is 2.80. The van der Waals surface area contributed by atoms with Gasteiger partial charge in [-0.2, -0.15) is 10.2 Å². The Balaban J connectivity index is 1.64. The summed E-state index contributed by atoms with van der Waals surface area (Å²) >= 11 is 0. The van der Waals surface area contributed by atoms with E-state index < -0.39 is 0 Å². The molecule has 1 aromatic heterocycles. The molecule has 2 aromatic carbocycles. The van der Waals surface area contributed by atoms with Crippen LogP contribution in [0.1, 0.15) is 11.1 Å². The number of aromatic nitrogens is 2. The van der Waals surface area contributed by atoms with Crippen LogP contribution in [0.3, 0.4) is 0 Å². The van der Waals surface area contributed by atoms with Crippen molar-refractivity contribution in [2.24, 2.45) is 10.2 Å². The van der Waals surface area contributed by atoms with E-state index in [-0.39, 0.29) is 11.5 Å². The first-order valence-electron chi connectivity index (χ1n) is 8.74. The molecule has 3 rings (SSSR count). The van der Waals surface area contributed by atoms with Gasteiger partial charge in [-0.25, -0.2) is 9.97 Å². The third-order valence-electron chi connectivity index (χ3n) is 3.93. The van der Waals surface area contributed by atoms with Crippen LogP contribution in [0, 0.1) is 0 Å². The zero-order valence-corrected chi connectivity index (χ0v) is 16.3. The van der Waals surface area contributed by atoms with Gasteiger partial charge in [0.1, 0.15) is 6.33 Å². The first kappa shape index (κ1) is 20.4. The van der Waals surface area contributed by atoms with E-state index in [0.717, 1.165) is 0 Å². The number of hydrazone groups is 2. The number of methoxy groups -OCH3 is 2. The van der Waals surface area contributed by atoms with Gasteiger partial charge >= 0.3 is 0 Å². The van der Waals surface area contributed by atoms with Crippen molar-refractivity contribution in [3.05, 3.63) is 59.9 Å². The SMILES string of the molecule is COc1cccc(/C=N/Nc2cc(N/N=C/c3cccc(OC)c3O)ncn2)c1O. The Kier molecular flexibility index (Phi) is 6.62. The van der Waals surface area contributed by atoms with Gasteiger partial charge in [0.05, 0.1) is 26.6 Å². The molecule has 10 heteroatoms. The maximum atomic E-state index is 10.1. The van der Waals surface area contributed by atoms with Crippen molar-refractivity contribution in [3.8, 4) is 23.0 Å². The van der Waals surface area contributed by atoms with Gasteiger partial charge in [0.15, 0.2) is 34.6 Å². The summed E-state index contributed by atoms with van der Waals surface area (Å²) in [6, 6.07) is 11.8. The Morgan fingerprint density at radius 1 is 0.800 bits per heavy atom. The zero-order valence-electron chi connectivity index (χ0n) is 16.3. The molecular formula is C20H20N6O4. The van der Waals surface area contributed by atoms with E-state index in [2.05, 4.69) is 31.0 Å². The van der Waals surface area contributed by atoms with Gasteiger partial charge in [-0.15, -0.1) is 0 Å². The Hall–Kier alpha value is -4.34. The number of para-hydroxylation sites is 2. The smallest absolute Gasteiger partial charge is 0.166 e. The van der Waals surface area contributed by atoms with E-state index in [1.54, 1.807) is 42.5 Å². The fourth-order valence-electron chi connectivity index (χ4n) is 2.43. The highest BCUT2D eigenvalue weighted by Crippen LogP contribution is 2.28. The second-order valence-corrected chi connectivity index (χ2v) is 5.82. The summed E-state index contributed by atoms with van der Waals surface area (Å²) in [5.41, 5.74) is 6.46.